The molecule has 3 aromatic rings. The number of rotatable bonds is 8. The van der Waals surface area contributed by atoms with Gasteiger partial charge in [0.15, 0.2) is 5.84 Å². The van der Waals surface area contributed by atoms with Crippen LogP contribution in [0.5, 0.6) is 0 Å². The molecule has 4 rings (SSSR count). The van der Waals surface area contributed by atoms with Crippen LogP contribution in [0.25, 0.3) is 0 Å². The Kier molecular flexibility index (Phi) is 9.01. The lowest BCUT2D eigenvalue weighted by Gasteiger charge is -2.26. The Bertz CT molecular complexity index is 1510. The van der Waals surface area contributed by atoms with Crippen molar-refractivity contribution in [1.29, 1.82) is 5.41 Å². The Labute approximate surface area is 239 Å². The molecule has 0 amide bonds. The molecule has 0 saturated heterocycles. The molecule has 39 heavy (non-hydrogen) atoms. The number of nitrogens with one attached hydrogen (secondary N) is 1. The fourth-order valence-electron chi connectivity index (χ4n) is 4.16. The molecule has 1 aliphatic rings. The summed E-state index contributed by atoms with van der Waals surface area (Å²) in [4.78, 5) is 1.57. The first-order chi connectivity index (χ1) is 18.7. The number of hydrogen-bond donors (Lipinski definition) is 1. The molecule has 3 aromatic carbocycles. The summed E-state index contributed by atoms with van der Waals surface area (Å²) in [5.74, 6) is -0.449. The number of hydrogen-bond acceptors (Lipinski definition) is 4. The second-order valence-electron chi connectivity index (χ2n) is 8.71. The van der Waals surface area contributed by atoms with E-state index in [1.807, 2.05) is 42.5 Å². The van der Waals surface area contributed by atoms with Crippen LogP contribution in [0.1, 0.15) is 17.0 Å². The lowest BCUT2D eigenvalue weighted by Crippen LogP contribution is -2.43. The highest BCUT2D eigenvalue weighted by Gasteiger charge is 2.35. The fraction of sp³-hybridized carbons (Fsp3) is 0.138. The predicted molar refractivity (Wildman–Crippen MR) is 160 cm³/mol. The van der Waals surface area contributed by atoms with Crippen LogP contribution < -0.4 is 0 Å². The van der Waals surface area contributed by atoms with E-state index in [1.54, 1.807) is 29.2 Å². The van der Waals surface area contributed by atoms with Gasteiger partial charge < -0.3 is 4.90 Å². The Hall–Kier alpha value is -3.72. The Balaban J connectivity index is 1.86. The van der Waals surface area contributed by atoms with E-state index in [0.29, 0.717) is 15.8 Å². The lowest BCUT2D eigenvalue weighted by molar-refractivity contribution is 0.461. The number of benzene rings is 3. The summed E-state index contributed by atoms with van der Waals surface area (Å²) in [5.41, 5.74) is 2.53. The number of halogens is 2. The van der Waals surface area contributed by atoms with Gasteiger partial charge in [-0.05, 0) is 47.5 Å². The second kappa shape index (κ2) is 12.4. The van der Waals surface area contributed by atoms with Crippen molar-refractivity contribution in [2.45, 2.75) is 10.8 Å². The number of nitrogens with zero attached hydrogens (tertiary/aromatic N) is 4. The second-order valence-corrected chi connectivity index (χ2v) is 11.2. The zero-order valence-electron chi connectivity index (χ0n) is 21.0. The minimum atomic E-state index is -4.21. The van der Waals surface area contributed by atoms with Gasteiger partial charge in [0, 0.05) is 29.1 Å². The maximum absolute atomic E-state index is 13.4. The van der Waals surface area contributed by atoms with Crippen LogP contribution in [0.4, 0.5) is 0 Å². The minimum Gasteiger partial charge on any atom is -0.347 e. The van der Waals surface area contributed by atoms with Gasteiger partial charge in [0.05, 0.1) is 17.2 Å². The van der Waals surface area contributed by atoms with Gasteiger partial charge in [-0.3, -0.25) is 5.41 Å². The summed E-state index contributed by atoms with van der Waals surface area (Å²) in [6, 6.07) is 22.8. The first-order valence-corrected chi connectivity index (χ1v) is 14.3. The average molecular weight is 581 g/mol. The van der Waals surface area contributed by atoms with Crippen LogP contribution in [0.2, 0.25) is 10.0 Å². The van der Waals surface area contributed by atoms with E-state index < -0.39 is 10.0 Å². The summed E-state index contributed by atoms with van der Waals surface area (Å²) in [7, 11) is -4.21. The molecule has 0 spiro atoms. The van der Waals surface area contributed by atoms with Crippen molar-refractivity contribution >= 4 is 50.6 Å². The summed E-state index contributed by atoms with van der Waals surface area (Å²) in [6.45, 7) is 8.38. The van der Waals surface area contributed by atoms with Crippen LogP contribution in [-0.4, -0.2) is 55.3 Å². The van der Waals surface area contributed by atoms with E-state index in [9.17, 15) is 8.42 Å². The van der Waals surface area contributed by atoms with Crippen molar-refractivity contribution in [1.82, 2.24) is 9.91 Å². The van der Waals surface area contributed by atoms with Gasteiger partial charge in [0.1, 0.15) is 0 Å². The van der Waals surface area contributed by atoms with Crippen LogP contribution in [-0.2, 0) is 10.0 Å². The molecule has 0 aliphatic carbocycles. The molecular weight excluding hydrogens is 553 g/mol. The van der Waals surface area contributed by atoms with Gasteiger partial charge in [0.25, 0.3) is 10.0 Å². The fourth-order valence-corrected chi connectivity index (χ4v) is 5.40. The molecule has 0 radical (unpaired) electrons. The van der Waals surface area contributed by atoms with Gasteiger partial charge in [-0.15, -0.1) is 17.6 Å². The summed E-state index contributed by atoms with van der Waals surface area (Å²) in [6.07, 6.45) is 3.25. The molecule has 1 atom stereocenters. The van der Waals surface area contributed by atoms with E-state index in [-0.39, 0.29) is 42.1 Å². The van der Waals surface area contributed by atoms with Crippen molar-refractivity contribution in [2.24, 2.45) is 9.50 Å². The molecule has 7 nitrogen and oxygen atoms in total. The minimum absolute atomic E-state index is 0.0445. The lowest BCUT2D eigenvalue weighted by atomic mass is 9.91. The average Bonchev–Trinajstić information content (AvgIpc) is 3.38. The van der Waals surface area contributed by atoms with E-state index in [4.69, 9.17) is 33.7 Å². The maximum atomic E-state index is 13.4. The molecule has 10 heteroatoms. The van der Waals surface area contributed by atoms with Gasteiger partial charge >= 0.3 is 0 Å². The maximum Gasteiger partial charge on any atom is 0.284 e. The third-order valence-corrected chi connectivity index (χ3v) is 7.83. The molecule has 200 valence electrons. The number of hydrazone groups is 1. The molecule has 1 unspecified atom stereocenters. The zero-order valence-corrected chi connectivity index (χ0v) is 23.4. The van der Waals surface area contributed by atoms with Crippen LogP contribution in [0.15, 0.2) is 119 Å². The van der Waals surface area contributed by atoms with Crippen molar-refractivity contribution in [3.05, 3.63) is 125 Å². The Morgan fingerprint density at radius 3 is 2.10 bits per heavy atom. The highest BCUT2D eigenvalue weighted by atomic mass is 35.5. The molecule has 0 fully saturated rings. The third kappa shape index (κ3) is 6.65. The van der Waals surface area contributed by atoms with Crippen molar-refractivity contribution in [3.63, 3.8) is 0 Å². The van der Waals surface area contributed by atoms with Crippen LogP contribution in [0, 0.1) is 5.41 Å². The quantitative estimate of drug-likeness (QED) is 0.194. The third-order valence-electron chi connectivity index (χ3n) is 6.05. The van der Waals surface area contributed by atoms with Crippen molar-refractivity contribution < 1.29 is 8.42 Å². The molecule has 0 aromatic heterocycles. The molecule has 1 N–H and O–H groups in total. The van der Waals surface area contributed by atoms with Gasteiger partial charge in [0.2, 0.25) is 5.84 Å². The van der Waals surface area contributed by atoms with Gasteiger partial charge in [-0.2, -0.15) is 13.5 Å². The Morgan fingerprint density at radius 2 is 1.54 bits per heavy atom. The standard InChI is InChI=1S/C29H27Cl2N5O2S/c1-3-18-35(19-4-2)28(32)29(34-39(37,38)25-16-14-24(31)15-17-25)36-20-26(21-8-6-5-7-9-21)27(33-36)22-10-12-23(30)13-11-22/h3-17,26,32H,1-2,18-20H2/b32-28?,34-29+. The largest absolute Gasteiger partial charge is 0.347 e. The summed E-state index contributed by atoms with van der Waals surface area (Å²) in [5, 5.41) is 16.3. The topological polar surface area (TPSA) is 89.2 Å². The molecular formula is C29H27Cl2N5O2S. The molecule has 1 aliphatic heterocycles. The van der Waals surface area contributed by atoms with Crippen LogP contribution >= 0.6 is 23.2 Å². The summed E-state index contributed by atoms with van der Waals surface area (Å²) >= 11 is 12.1. The Morgan fingerprint density at radius 1 is 0.974 bits per heavy atom. The first kappa shape index (κ1) is 28.3. The number of sulfonamides is 1. The van der Waals surface area contributed by atoms with E-state index in [1.165, 1.54) is 29.3 Å². The monoisotopic (exact) mass is 579 g/mol. The van der Waals surface area contributed by atoms with Crippen molar-refractivity contribution in [3.8, 4) is 0 Å². The molecule has 0 saturated carbocycles. The smallest absolute Gasteiger partial charge is 0.284 e. The van der Waals surface area contributed by atoms with E-state index in [0.717, 1.165) is 11.1 Å². The highest BCUT2D eigenvalue weighted by molar-refractivity contribution is 7.90. The summed E-state index contributed by atoms with van der Waals surface area (Å²) < 4.78 is 31.0. The van der Waals surface area contributed by atoms with E-state index >= 15 is 0 Å². The number of amidine groups is 2. The van der Waals surface area contributed by atoms with Crippen LogP contribution in [0.3, 0.4) is 0 Å². The predicted octanol–water partition coefficient (Wildman–Crippen LogP) is 6.24. The molecule has 1 heterocycles. The molecule has 0 bridgehead atoms. The van der Waals surface area contributed by atoms with Gasteiger partial charge in [-0.1, -0.05) is 77.8 Å². The van der Waals surface area contributed by atoms with Gasteiger partial charge in [-0.25, -0.2) is 5.01 Å². The SMILES string of the molecule is C=CCN(CC=C)C(=N)/C(=N\S(=O)(=O)c1ccc(Cl)cc1)N1CC(c2ccccc2)C(c2ccc(Cl)cc2)=N1. The van der Waals surface area contributed by atoms with Crippen molar-refractivity contribution in [2.75, 3.05) is 19.6 Å². The first-order valence-electron chi connectivity index (χ1n) is 12.1. The highest BCUT2D eigenvalue weighted by Crippen LogP contribution is 2.30. The zero-order chi connectivity index (χ0) is 28.0. The van der Waals surface area contributed by atoms with E-state index in [2.05, 4.69) is 17.6 Å². The normalized spacial score (nSPS) is 15.5.